The van der Waals surface area contributed by atoms with Crippen LogP contribution in [0.3, 0.4) is 0 Å². The summed E-state index contributed by atoms with van der Waals surface area (Å²) in [7, 11) is 0. The van der Waals surface area contributed by atoms with E-state index in [9.17, 15) is 9.59 Å². The summed E-state index contributed by atoms with van der Waals surface area (Å²) in [5, 5.41) is 2.42. The highest BCUT2D eigenvalue weighted by Crippen LogP contribution is 2.47. The minimum absolute atomic E-state index is 0.0218. The number of rotatable bonds is 1. The molecule has 2 aromatic carbocycles. The maximum atomic E-state index is 12.7. The molecular formula is C18H12Br2O2. The summed E-state index contributed by atoms with van der Waals surface area (Å²) < 4.78 is -0.955. The third-order valence-electron chi connectivity index (χ3n) is 4.51. The molecule has 2 aromatic rings. The highest BCUT2D eigenvalue weighted by molar-refractivity contribution is 9.26. The number of Topliss-reactive ketones (excluding diaryl/α,β-unsaturated/α-hetero) is 1. The molecule has 0 bridgehead atoms. The standard InChI is InChI=1S/C18H12Br2O2/c19-18(20)9-12(21)8-15(17(18)22)14-7-11-5-1-3-10-4-2-6-13(14)16(10)11/h1-6,8,14H,7,9H2. The molecule has 1 unspecified atom stereocenters. The SMILES string of the molecule is O=C1C=C(C2Cc3cccc4cccc2c34)C(=O)C(Br)(Br)C1. The van der Waals surface area contributed by atoms with Crippen molar-refractivity contribution in [1.82, 2.24) is 0 Å². The topological polar surface area (TPSA) is 34.1 Å². The van der Waals surface area contributed by atoms with Crippen molar-refractivity contribution in [1.29, 1.82) is 0 Å². The maximum Gasteiger partial charge on any atom is 0.187 e. The molecule has 22 heavy (non-hydrogen) atoms. The van der Waals surface area contributed by atoms with Gasteiger partial charge in [0.25, 0.3) is 0 Å². The average Bonchev–Trinajstić information content (AvgIpc) is 2.84. The number of carbonyl (C=O) groups excluding carboxylic acids is 2. The minimum atomic E-state index is -0.955. The lowest BCUT2D eigenvalue weighted by molar-refractivity contribution is -0.121. The Bertz CT molecular complexity index is 859. The van der Waals surface area contributed by atoms with Crippen LogP contribution < -0.4 is 0 Å². The molecule has 1 atom stereocenters. The van der Waals surface area contributed by atoms with Crippen LogP contribution in [-0.4, -0.2) is 14.8 Å². The fourth-order valence-corrected chi connectivity index (χ4v) is 4.59. The van der Waals surface area contributed by atoms with E-state index in [0.29, 0.717) is 5.57 Å². The maximum absolute atomic E-state index is 12.7. The molecule has 0 aliphatic heterocycles. The van der Waals surface area contributed by atoms with Crippen LogP contribution >= 0.6 is 31.9 Å². The first kappa shape index (κ1) is 14.3. The Balaban J connectivity index is 1.89. The molecule has 2 aliphatic rings. The van der Waals surface area contributed by atoms with Gasteiger partial charge < -0.3 is 0 Å². The second-order valence-electron chi connectivity index (χ2n) is 5.90. The normalized spacial score (nSPS) is 23.0. The summed E-state index contributed by atoms with van der Waals surface area (Å²) in [5.74, 6) is -0.0966. The average molecular weight is 420 g/mol. The van der Waals surface area contributed by atoms with Crippen LogP contribution in [0.25, 0.3) is 10.8 Å². The Morgan fingerprint density at radius 3 is 2.55 bits per heavy atom. The molecule has 2 nitrogen and oxygen atoms in total. The van der Waals surface area contributed by atoms with E-state index in [2.05, 4.69) is 56.1 Å². The van der Waals surface area contributed by atoms with Gasteiger partial charge in [0, 0.05) is 17.9 Å². The number of allylic oxidation sites excluding steroid dienone is 2. The molecule has 4 heteroatoms. The van der Waals surface area contributed by atoms with Gasteiger partial charge in [-0.05, 0) is 34.4 Å². The summed E-state index contributed by atoms with van der Waals surface area (Å²) >= 11 is 6.73. The summed E-state index contributed by atoms with van der Waals surface area (Å²) in [6, 6.07) is 12.4. The largest absolute Gasteiger partial charge is 0.295 e. The minimum Gasteiger partial charge on any atom is -0.295 e. The van der Waals surface area contributed by atoms with Gasteiger partial charge in [0.2, 0.25) is 0 Å². The van der Waals surface area contributed by atoms with Crippen LogP contribution in [0.1, 0.15) is 23.5 Å². The lowest BCUT2D eigenvalue weighted by Gasteiger charge is -2.27. The van der Waals surface area contributed by atoms with Gasteiger partial charge >= 0.3 is 0 Å². The number of carbonyl (C=O) groups is 2. The highest BCUT2D eigenvalue weighted by atomic mass is 79.9. The predicted molar refractivity (Wildman–Crippen MR) is 93.7 cm³/mol. The van der Waals surface area contributed by atoms with Gasteiger partial charge in [0.1, 0.15) is 3.23 Å². The molecule has 0 N–H and O–H groups in total. The molecular weight excluding hydrogens is 408 g/mol. The van der Waals surface area contributed by atoms with Crippen molar-refractivity contribution in [2.75, 3.05) is 0 Å². The monoisotopic (exact) mass is 418 g/mol. The van der Waals surface area contributed by atoms with Gasteiger partial charge in [-0.15, -0.1) is 0 Å². The highest BCUT2D eigenvalue weighted by Gasteiger charge is 2.43. The number of hydrogen-bond donors (Lipinski definition) is 0. The molecule has 0 aromatic heterocycles. The third kappa shape index (κ3) is 2.04. The molecule has 0 fully saturated rings. The number of hydrogen-bond acceptors (Lipinski definition) is 2. The lowest BCUT2D eigenvalue weighted by Crippen LogP contribution is -2.35. The number of benzene rings is 2. The van der Waals surface area contributed by atoms with E-state index in [1.54, 1.807) is 6.08 Å². The van der Waals surface area contributed by atoms with Crippen molar-refractivity contribution < 1.29 is 9.59 Å². The first-order valence-corrected chi connectivity index (χ1v) is 8.73. The Morgan fingerprint density at radius 1 is 1.05 bits per heavy atom. The van der Waals surface area contributed by atoms with E-state index in [-0.39, 0.29) is 23.9 Å². The van der Waals surface area contributed by atoms with Crippen molar-refractivity contribution in [3.63, 3.8) is 0 Å². The van der Waals surface area contributed by atoms with Gasteiger partial charge in [-0.1, -0.05) is 68.3 Å². The third-order valence-corrected chi connectivity index (χ3v) is 5.79. The smallest absolute Gasteiger partial charge is 0.187 e. The van der Waals surface area contributed by atoms with Gasteiger partial charge in [0.15, 0.2) is 11.6 Å². The fraction of sp³-hybridized carbons (Fsp3) is 0.222. The Morgan fingerprint density at radius 2 is 1.77 bits per heavy atom. The van der Waals surface area contributed by atoms with Crippen molar-refractivity contribution in [2.45, 2.75) is 22.0 Å². The summed E-state index contributed by atoms with van der Waals surface area (Å²) in [4.78, 5) is 24.8. The first-order chi connectivity index (χ1) is 10.5. The number of halogens is 2. The van der Waals surface area contributed by atoms with Crippen molar-refractivity contribution in [3.05, 3.63) is 59.2 Å². The van der Waals surface area contributed by atoms with Crippen LogP contribution in [0.15, 0.2) is 48.0 Å². The zero-order chi connectivity index (χ0) is 15.5. The van der Waals surface area contributed by atoms with Crippen molar-refractivity contribution in [2.24, 2.45) is 0 Å². The molecule has 0 spiro atoms. The molecule has 2 aliphatic carbocycles. The van der Waals surface area contributed by atoms with Gasteiger partial charge in [-0.2, -0.15) is 0 Å². The van der Waals surface area contributed by atoms with Crippen LogP contribution in [0.2, 0.25) is 0 Å². The quantitative estimate of drug-likeness (QED) is 0.640. The fourth-order valence-electron chi connectivity index (χ4n) is 3.58. The van der Waals surface area contributed by atoms with Gasteiger partial charge in [0.05, 0.1) is 0 Å². The van der Waals surface area contributed by atoms with Gasteiger partial charge in [-0.25, -0.2) is 0 Å². The second kappa shape index (κ2) is 4.87. The molecule has 110 valence electrons. The number of ketones is 2. The summed E-state index contributed by atoms with van der Waals surface area (Å²) in [6.07, 6.45) is 2.47. The van der Waals surface area contributed by atoms with Crippen LogP contribution in [0.4, 0.5) is 0 Å². The zero-order valence-corrected chi connectivity index (χ0v) is 14.8. The second-order valence-corrected chi connectivity index (χ2v) is 9.67. The summed E-state index contributed by atoms with van der Waals surface area (Å²) in [6.45, 7) is 0. The molecule has 0 saturated carbocycles. The molecule has 4 rings (SSSR count). The zero-order valence-electron chi connectivity index (χ0n) is 11.6. The Labute approximate surface area is 144 Å². The van der Waals surface area contributed by atoms with E-state index in [1.165, 1.54) is 16.3 Å². The van der Waals surface area contributed by atoms with Gasteiger partial charge in [-0.3, -0.25) is 9.59 Å². The molecule has 0 amide bonds. The van der Waals surface area contributed by atoms with E-state index >= 15 is 0 Å². The van der Waals surface area contributed by atoms with E-state index in [4.69, 9.17) is 0 Å². The predicted octanol–water partition coefficient (Wildman–Crippen LogP) is 4.43. The van der Waals surface area contributed by atoms with E-state index < -0.39 is 3.23 Å². The van der Waals surface area contributed by atoms with Crippen molar-refractivity contribution >= 4 is 54.2 Å². The summed E-state index contributed by atoms with van der Waals surface area (Å²) in [5.41, 5.74) is 3.01. The van der Waals surface area contributed by atoms with Crippen LogP contribution in [0.5, 0.6) is 0 Å². The Kier molecular flexibility index (Phi) is 3.17. The molecule has 0 radical (unpaired) electrons. The van der Waals surface area contributed by atoms with E-state index in [0.717, 1.165) is 12.0 Å². The number of alkyl halides is 2. The first-order valence-electron chi connectivity index (χ1n) is 7.15. The Hall–Kier alpha value is -1.26. The van der Waals surface area contributed by atoms with Crippen LogP contribution in [-0.2, 0) is 16.0 Å². The van der Waals surface area contributed by atoms with Crippen molar-refractivity contribution in [3.8, 4) is 0 Å². The van der Waals surface area contributed by atoms with Crippen LogP contribution in [0, 0.1) is 0 Å². The molecule has 0 heterocycles. The molecule has 0 saturated heterocycles. The van der Waals surface area contributed by atoms with E-state index in [1.807, 2.05) is 12.1 Å². The lowest BCUT2D eigenvalue weighted by atomic mass is 9.83.